The van der Waals surface area contributed by atoms with Crippen LogP contribution in [0, 0.1) is 0 Å². The van der Waals surface area contributed by atoms with Gasteiger partial charge in [-0.15, -0.1) is 0 Å². The van der Waals surface area contributed by atoms with Crippen LogP contribution < -0.4 is 5.73 Å². The van der Waals surface area contributed by atoms with Crippen LogP contribution in [0.1, 0.15) is 12.8 Å². The molecule has 2 N–H and O–H groups in total. The minimum Gasteiger partial charge on any atom is -0.392 e. The van der Waals surface area contributed by atoms with Crippen molar-refractivity contribution in [2.24, 2.45) is 5.73 Å². The molecule has 5 nitrogen and oxygen atoms in total. The summed E-state index contributed by atoms with van der Waals surface area (Å²) in [4.78, 5) is 0.476. The fourth-order valence-electron chi connectivity index (χ4n) is 1.99. The normalized spacial score (nSPS) is 20.8. The third-order valence-corrected chi connectivity index (χ3v) is 7.07. The predicted octanol–water partition coefficient (Wildman–Crippen LogP) is 0.446. The molecular formula is C10H20N2O3S3. The van der Waals surface area contributed by atoms with Gasteiger partial charge in [0.05, 0.1) is 22.1 Å². The monoisotopic (exact) mass is 312 g/mol. The zero-order valence-electron chi connectivity index (χ0n) is 10.7. The summed E-state index contributed by atoms with van der Waals surface area (Å²) in [5.41, 5.74) is 5.77. The van der Waals surface area contributed by atoms with Crippen LogP contribution in [0.5, 0.6) is 0 Å². The lowest BCUT2D eigenvalue weighted by molar-refractivity contribution is 0.214. The highest BCUT2D eigenvalue weighted by Gasteiger charge is 2.39. The molecule has 0 bridgehead atoms. The van der Waals surface area contributed by atoms with Crippen LogP contribution in [0.4, 0.5) is 0 Å². The summed E-state index contributed by atoms with van der Waals surface area (Å²) in [6.07, 6.45) is 3.32. The van der Waals surface area contributed by atoms with Crippen molar-refractivity contribution in [3.63, 3.8) is 0 Å². The van der Waals surface area contributed by atoms with Crippen LogP contribution in [0.15, 0.2) is 0 Å². The van der Waals surface area contributed by atoms with Crippen LogP contribution in [0.3, 0.4) is 0 Å². The van der Waals surface area contributed by atoms with Gasteiger partial charge >= 0.3 is 0 Å². The molecule has 8 heteroatoms. The Morgan fingerprint density at radius 2 is 2.06 bits per heavy atom. The van der Waals surface area contributed by atoms with Gasteiger partial charge < -0.3 is 10.5 Å². The van der Waals surface area contributed by atoms with Crippen molar-refractivity contribution in [2.45, 2.75) is 17.6 Å². The van der Waals surface area contributed by atoms with E-state index in [1.807, 2.05) is 6.26 Å². The molecule has 0 aromatic carbocycles. The highest BCUT2D eigenvalue weighted by Crippen LogP contribution is 2.35. The second-order valence-electron chi connectivity index (χ2n) is 4.27. The van der Waals surface area contributed by atoms with Gasteiger partial charge in [0.2, 0.25) is 10.0 Å². The van der Waals surface area contributed by atoms with Crippen molar-refractivity contribution in [3.05, 3.63) is 0 Å². The first-order valence-electron chi connectivity index (χ1n) is 5.70. The molecule has 1 saturated heterocycles. The second kappa shape index (κ2) is 6.51. The lowest BCUT2D eigenvalue weighted by atomic mass is 9.97. The number of piperidine rings is 1. The van der Waals surface area contributed by atoms with E-state index in [9.17, 15) is 8.42 Å². The summed E-state index contributed by atoms with van der Waals surface area (Å²) in [6, 6.07) is 0. The largest absolute Gasteiger partial charge is 0.392 e. The van der Waals surface area contributed by atoms with Crippen molar-refractivity contribution >= 4 is 39.0 Å². The van der Waals surface area contributed by atoms with Gasteiger partial charge in [0.25, 0.3) is 0 Å². The van der Waals surface area contributed by atoms with E-state index < -0.39 is 10.0 Å². The summed E-state index contributed by atoms with van der Waals surface area (Å²) < 4.78 is 30.1. The zero-order valence-corrected chi connectivity index (χ0v) is 13.2. The lowest BCUT2D eigenvalue weighted by Gasteiger charge is -2.39. The molecular weight excluding hydrogens is 292 g/mol. The molecule has 0 aromatic rings. The first-order valence-corrected chi connectivity index (χ1v) is 8.94. The van der Waals surface area contributed by atoms with Gasteiger partial charge in [0, 0.05) is 20.2 Å². The number of hydrogen-bond acceptors (Lipinski definition) is 5. The Hall–Kier alpha value is 0.110. The average Bonchev–Trinajstić information content (AvgIpc) is 2.36. The van der Waals surface area contributed by atoms with Crippen LogP contribution in [0.2, 0.25) is 0 Å². The maximum Gasteiger partial charge on any atom is 0.216 e. The number of thioether (sulfide) groups is 1. The Balaban J connectivity index is 2.66. The number of hydrogen-bond donors (Lipinski definition) is 1. The fraction of sp³-hybridized carbons (Fsp3) is 0.900. The molecule has 0 atom stereocenters. The molecule has 0 radical (unpaired) electrons. The highest BCUT2D eigenvalue weighted by molar-refractivity contribution is 8.02. The van der Waals surface area contributed by atoms with Gasteiger partial charge in [-0.25, -0.2) is 12.7 Å². The quantitative estimate of drug-likeness (QED) is 0.718. The molecule has 18 heavy (non-hydrogen) atoms. The number of methoxy groups -OCH3 is 1. The lowest BCUT2D eigenvalue weighted by Crippen LogP contribution is -2.51. The number of sulfonamides is 1. The van der Waals surface area contributed by atoms with Crippen molar-refractivity contribution in [2.75, 3.05) is 38.8 Å². The summed E-state index contributed by atoms with van der Waals surface area (Å²) in [7, 11) is -1.72. The van der Waals surface area contributed by atoms with E-state index in [0.717, 1.165) is 0 Å². The number of ether oxygens (including phenoxy) is 1. The molecule has 1 aliphatic rings. The summed E-state index contributed by atoms with van der Waals surface area (Å²) in [5.74, 6) is 0.0306. The Kier molecular flexibility index (Phi) is 5.85. The van der Waals surface area contributed by atoms with Crippen LogP contribution in [-0.4, -0.2) is 61.3 Å². The third-order valence-electron chi connectivity index (χ3n) is 3.31. The number of thiocarbonyl (C=S) groups is 1. The number of nitrogens with zero attached hydrogens (tertiary/aromatic N) is 1. The Labute approximate surface area is 118 Å². The van der Waals surface area contributed by atoms with Crippen molar-refractivity contribution in [1.29, 1.82) is 0 Å². The molecule has 0 spiro atoms. The Morgan fingerprint density at radius 3 is 2.44 bits per heavy atom. The van der Waals surface area contributed by atoms with Gasteiger partial charge in [-0.05, 0) is 19.1 Å². The minimum absolute atomic E-state index is 0.0306. The SMILES string of the molecule is COCCS(=O)(=O)N1CCC(SC)(C(N)=S)CC1. The summed E-state index contributed by atoms with van der Waals surface area (Å²) >= 11 is 6.72. The van der Waals surface area contributed by atoms with E-state index in [1.54, 1.807) is 11.8 Å². The maximum absolute atomic E-state index is 12.0. The molecule has 0 amide bonds. The fourth-order valence-corrected chi connectivity index (χ4v) is 4.61. The van der Waals surface area contributed by atoms with E-state index in [1.165, 1.54) is 11.4 Å². The molecule has 1 heterocycles. The van der Waals surface area contributed by atoms with Gasteiger partial charge in [0.1, 0.15) is 0 Å². The van der Waals surface area contributed by atoms with Crippen molar-refractivity contribution < 1.29 is 13.2 Å². The van der Waals surface area contributed by atoms with Gasteiger partial charge in [-0.3, -0.25) is 0 Å². The first kappa shape index (κ1) is 16.2. The molecule has 1 aliphatic heterocycles. The summed E-state index contributed by atoms with van der Waals surface area (Å²) in [5, 5.41) is 0. The summed E-state index contributed by atoms with van der Waals surface area (Å²) in [6.45, 7) is 1.18. The third kappa shape index (κ3) is 3.57. The molecule has 106 valence electrons. The zero-order chi connectivity index (χ0) is 13.8. The molecule has 1 fully saturated rings. The topological polar surface area (TPSA) is 72.6 Å². The van der Waals surface area contributed by atoms with E-state index in [2.05, 4.69) is 0 Å². The first-order chi connectivity index (χ1) is 8.38. The van der Waals surface area contributed by atoms with E-state index in [-0.39, 0.29) is 17.1 Å². The van der Waals surface area contributed by atoms with Crippen LogP contribution in [0.25, 0.3) is 0 Å². The Morgan fingerprint density at radius 1 is 1.50 bits per heavy atom. The van der Waals surface area contributed by atoms with Gasteiger partial charge in [-0.1, -0.05) is 12.2 Å². The molecule has 0 unspecified atom stereocenters. The van der Waals surface area contributed by atoms with Crippen LogP contribution >= 0.6 is 24.0 Å². The highest BCUT2D eigenvalue weighted by atomic mass is 32.2. The number of nitrogens with two attached hydrogens (primary N) is 1. The number of rotatable bonds is 6. The molecule has 0 saturated carbocycles. The van der Waals surface area contributed by atoms with Crippen molar-refractivity contribution in [3.8, 4) is 0 Å². The van der Waals surface area contributed by atoms with Gasteiger partial charge in [-0.2, -0.15) is 11.8 Å². The minimum atomic E-state index is -3.21. The Bertz CT molecular complexity index is 389. The average molecular weight is 312 g/mol. The van der Waals surface area contributed by atoms with E-state index in [4.69, 9.17) is 22.7 Å². The molecule has 1 rings (SSSR count). The standard InChI is InChI=1S/C10H20N2O3S3/c1-15-7-8-18(13,14)12-5-3-10(17-2,4-6-12)9(11)16/h3-8H2,1-2H3,(H2,11,16). The smallest absolute Gasteiger partial charge is 0.216 e. The predicted molar refractivity (Wildman–Crippen MR) is 79.5 cm³/mol. The van der Waals surface area contributed by atoms with Crippen LogP contribution in [-0.2, 0) is 14.8 Å². The van der Waals surface area contributed by atoms with Gasteiger partial charge in [0.15, 0.2) is 0 Å². The molecule has 0 aliphatic carbocycles. The van der Waals surface area contributed by atoms with E-state index in [0.29, 0.717) is 30.9 Å². The maximum atomic E-state index is 12.0. The second-order valence-corrected chi connectivity index (χ2v) is 7.99. The molecule has 0 aromatic heterocycles. The van der Waals surface area contributed by atoms with Crippen molar-refractivity contribution in [1.82, 2.24) is 4.31 Å². The van der Waals surface area contributed by atoms with E-state index >= 15 is 0 Å².